The van der Waals surface area contributed by atoms with Crippen LogP contribution < -0.4 is 4.90 Å². The van der Waals surface area contributed by atoms with Gasteiger partial charge >= 0.3 is 5.97 Å². The molecule has 0 aliphatic heterocycles. The number of carboxylic acid groups (broad SMARTS) is 1. The number of carbonyl (C=O) groups is 3. The van der Waals surface area contributed by atoms with E-state index in [1.807, 2.05) is 0 Å². The molecule has 33 heavy (non-hydrogen) atoms. The van der Waals surface area contributed by atoms with Gasteiger partial charge in [0.2, 0.25) is 0 Å². The van der Waals surface area contributed by atoms with Crippen molar-refractivity contribution in [2.75, 3.05) is 4.90 Å². The molecule has 11 nitrogen and oxygen atoms in total. The summed E-state index contributed by atoms with van der Waals surface area (Å²) < 4.78 is 0. The monoisotopic (exact) mass is 469 g/mol. The molecule has 166 valence electrons. The average Bonchev–Trinajstić information content (AvgIpc) is 2.79. The van der Waals surface area contributed by atoms with Crippen molar-refractivity contribution in [3.8, 4) is 0 Å². The van der Waals surface area contributed by atoms with Gasteiger partial charge in [0.15, 0.2) is 0 Å². The lowest BCUT2D eigenvalue weighted by molar-refractivity contribution is -0.393. The summed E-state index contributed by atoms with van der Waals surface area (Å²) in [6.45, 7) is 0. The van der Waals surface area contributed by atoms with Crippen molar-refractivity contribution < 1.29 is 29.3 Å². The first-order chi connectivity index (χ1) is 15.6. The lowest BCUT2D eigenvalue weighted by atomic mass is 10.0. The molecule has 0 aliphatic carbocycles. The van der Waals surface area contributed by atoms with Crippen molar-refractivity contribution in [2.24, 2.45) is 0 Å². The third kappa shape index (κ3) is 4.52. The Balaban J connectivity index is 2.30. The number of hydrogen-bond acceptors (Lipinski definition) is 7. The van der Waals surface area contributed by atoms with Gasteiger partial charge in [-0.05, 0) is 30.3 Å². The molecule has 0 aliphatic rings. The molecule has 0 saturated heterocycles. The number of imide groups is 1. The predicted molar refractivity (Wildman–Crippen MR) is 116 cm³/mol. The van der Waals surface area contributed by atoms with Crippen LogP contribution in [0.3, 0.4) is 0 Å². The minimum atomic E-state index is -1.47. The zero-order valence-electron chi connectivity index (χ0n) is 16.4. The summed E-state index contributed by atoms with van der Waals surface area (Å²) in [5.41, 5.74) is -3.24. The first-order valence-electron chi connectivity index (χ1n) is 9.02. The second-order valence-electron chi connectivity index (χ2n) is 6.46. The molecule has 0 aromatic heterocycles. The predicted octanol–water partition coefficient (Wildman–Crippen LogP) is 4.34. The van der Waals surface area contributed by atoms with Gasteiger partial charge in [0, 0.05) is 6.07 Å². The first-order valence-corrected chi connectivity index (χ1v) is 9.39. The Morgan fingerprint density at radius 1 is 0.788 bits per heavy atom. The Hall–Kier alpha value is -4.64. The van der Waals surface area contributed by atoms with E-state index in [9.17, 15) is 39.7 Å². The number of aromatic carboxylic acids is 1. The van der Waals surface area contributed by atoms with Crippen LogP contribution in [0.25, 0.3) is 0 Å². The zero-order chi connectivity index (χ0) is 24.3. The van der Waals surface area contributed by atoms with Gasteiger partial charge in [0.25, 0.3) is 23.2 Å². The number of amides is 2. The van der Waals surface area contributed by atoms with Crippen molar-refractivity contribution in [1.82, 2.24) is 0 Å². The van der Waals surface area contributed by atoms with Crippen molar-refractivity contribution in [1.29, 1.82) is 0 Å². The number of nitrogens with zero attached hydrogens (tertiary/aromatic N) is 3. The molecule has 0 spiro atoms. The van der Waals surface area contributed by atoms with Crippen LogP contribution in [0.4, 0.5) is 17.1 Å². The Morgan fingerprint density at radius 2 is 1.33 bits per heavy atom. The minimum absolute atomic E-state index is 0.0728. The van der Waals surface area contributed by atoms with Crippen molar-refractivity contribution in [2.45, 2.75) is 0 Å². The number of carbonyl (C=O) groups excluding carboxylic acids is 2. The molecule has 3 rings (SSSR count). The van der Waals surface area contributed by atoms with Crippen LogP contribution in [0.15, 0.2) is 66.7 Å². The van der Waals surface area contributed by atoms with Crippen LogP contribution in [0, 0.1) is 20.2 Å². The number of nitro benzene ring substituents is 2. The third-order valence-electron chi connectivity index (χ3n) is 4.51. The molecule has 0 heterocycles. The molecule has 0 fully saturated rings. The lowest BCUT2D eigenvalue weighted by Crippen LogP contribution is -2.38. The number of non-ortho nitro benzene ring substituents is 1. The van der Waals surface area contributed by atoms with E-state index in [1.54, 1.807) is 0 Å². The third-order valence-corrected chi connectivity index (χ3v) is 4.84. The molecule has 1 N–H and O–H groups in total. The molecule has 3 aromatic rings. The molecule has 0 atom stereocenters. The van der Waals surface area contributed by atoms with Gasteiger partial charge in [0.05, 0.1) is 37.6 Å². The highest BCUT2D eigenvalue weighted by molar-refractivity contribution is 6.37. The summed E-state index contributed by atoms with van der Waals surface area (Å²) in [5.74, 6) is -3.76. The summed E-state index contributed by atoms with van der Waals surface area (Å²) in [5, 5.41) is 32.1. The zero-order valence-corrected chi connectivity index (χ0v) is 17.1. The van der Waals surface area contributed by atoms with Crippen LogP contribution in [-0.4, -0.2) is 32.7 Å². The Kier molecular flexibility index (Phi) is 6.45. The number of carboxylic acids is 1. The second kappa shape index (κ2) is 9.24. The molecule has 0 saturated carbocycles. The van der Waals surface area contributed by atoms with E-state index in [4.69, 9.17) is 11.6 Å². The SMILES string of the molecule is O=C(O)c1ccccc1C(=O)N(C(=O)c1ccccc1Cl)c1ccc([N+](=O)[O-])cc1[N+](=O)[O-]. The maximum Gasteiger partial charge on any atom is 0.336 e. The summed E-state index contributed by atoms with van der Waals surface area (Å²) in [6.07, 6.45) is 0. The standard InChI is InChI=1S/C21H12ClN3O8/c22-16-8-4-3-7-15(16)20(27)23(19(26)13-5-1-2-6-14(13)21(28)29)17-10-9-12(24(30)31)11-18(17)25(32)33/h1-11H,(H,28,29). The number of anilines is 1. The molecule has 0 bridgehead atoms. The number of halogens is 1. The molecule has 3 aromatic carbocycles. The fraction of sp³-hybridized carbons (Fsp3) is 0. The van der Waals surface area contributed by atoms with Gasteiger partial charge < -0.3 is 5.11 Å². The van der Waals surface area contributed by atoms with Gasteiger partial charge in [-0.3, -0.25) is 29.8 Å². The topological polar surface area (TPSA) is 161 Å². The summed E-state index contributed by atoms with van der Waals surface area (Å²) in [6, 6.07) is 12.9. The Morgan fingerprint density at radius 3 is 1.88 bits per heavy atom. The van der Waals surface area contributed by atoms with Crippen molar-refractivity contribution in [3.63, 3.8) is 0 Å². The molecular formula is C21H12ClN3O8. The summed E-state index contributed by atoms with van der Waals surface area (Å²) in [4.78, 5) is 59.7. The van der Waals surface area contributed by atoms with Crippen LogP contribution in [0.1, 0.15) is 31.1 Å². The number of rotatable bonds is 6. The van der Waals surface area contributed by atoms with E-state index >= 15 is 0 Å². The normalized spacial score (nSPS) is 10.3. The molecular weight excluding hydrogens is 458 g/mol. The van der Waals surface area contributed by atoms with E-state index in [0.717, 1.165) is 24.3 Å². The lowest BCUT2D eigenvalue weighted by Gasteiger charge is -2.22. The Bertz CT molecular complexity index is 1320. The summed E-state index contributed by atoms with van der Waals surface area (Å²) >= 11 is 6.08. The maximum atomic E-state index is 13.4. The fourth-order valence-corrected chi connectivity index (χ4v) is 3.22. The number of hydrogen-bond donors (Lipinski definition) is 1. The van der Waals surface area contributed by atoms with E-state index in [-0.39, 0.29) is 10.6 Å². The van der Waals surface area contributed by atoms with E-state index in [2.05, 4.69) is 0 Å². The van der Waals surface area contributed by atoms with Gasteiger partial charge in [-0.25, -0.2) is 9.69 Å². The van der Waals surface area contributed by atoms with Gasteiger partial charge in [-0.1, -0.05) is 35.9 Å². The smallest absolute Gasteiger partial charge is 0.336 e. The highest BCUT2D eigenvalue weighted by Crippen LogP contribution is 2.35. The van der Waals surface area contributed by atoms with Crippen LogP contribution in [0.5, 0.6) is 0 Å². The first kappa shape index (κ1) is 23.0. The highest BCUT2D eigenvalue weighted by atomic mass is 35.5. The Labute approximate surface area is 189 Å². The van der Waals surface area contributed by atoms with Gasteiger partial charge in [-0.15, -0.1) is 0 Å². The van der Waals surface area contributed by atoms with Crippen molar-refractivity contribution >= 4 is 46.4 Å². The largest absolute Gasteiger partial charge is 0.478 e. The summed E-state index contributed by atoms with van der Waals surface area (Å²) in [7, 11) is 0. The van der Waals surface area contributed by atoms with Crippen LogP contribution in [0.2, 0.25) is 5.02 Å². The van der Waals surface area contributed by atoms with Crippen LogP contribution in [-0.2, 0) is 0 Å². The van der Waals surface area contributed by atoms with Crippen molar-refractivity contribution in [3.05, 3.63) is 109 Å². The number of nitro groups is 2. The number of benzene rings is 3. The molecule has 0 unspecified atom stereocenters. The van der Waals surface area contributed by atoms with Gasteiger partial charge in [0.1, 0.15) is 5.69 Å². The van der Waals surface area contributed by atoms with Gasteiger partial charge in [-0.2, -0.15) is 0 Å². The maximum absolute atomic E-state index is 13.4. The highest BCUT2D eigenvalue weighted by Gasteiger charge is 2.35. The van der Waals surface area contributed by atoms with E-state index in [0.29, 0.717) is 11.0 Å². The van der Waals surface area contributed by atoms with E-state index in [1.165, 1.54) is 36.4 Å². The fourth-order valence-electron chi connectivity index (χ4n) is 3.00. The van der Waals surface area contributed by atoms with E-state index < -0.39 is 55.8 Å². The average molecular weight is 470 g/mol. The quantitative estimate of drug-likeness (QED) is 0.316. The molecule has 0 radical (unpaired) electrons. The van der Waals surface area contributed by atoms with Crippen LogP contribution >= 0.6 is 11.6 Å². The second-order valence-corrected chi connectivity index (χ2v) is 6.87. The minimum Gasteiger partial charge on any atom is -0.478 e. The molecule has 2 amide bonds. The molecule has 12 heteroatoms.